The first kappa shape index (κ1) is 16.9. The van der Waals surface area contributed by atoms with Crippen LogP contribution in [-0.4, -0.2) is 42.3 Å². The van der Waals surface area contributed by atoms with Crippen LogP contribution in [0.2, 0.25) is 5.02 Å². The molecule has 1 saturated heterocycles. The number of aromatic nitrogens is 1. The van der Waals surface area contributed by atoms with Crippen molar-refractivity contribution in [1.82, 2.24) is 15.4 Å². The van der Waals surface area contributed by atoms with Crippen LogP contribution >= 0.6 is 11.6 Å². The van der Waals surface area contributed by atoms with Crippen LogP contribution in [0.4, 0.5) is 4.39 Å². The van der Waals surface area contributed by atoms with Crippen molar-refractivity contribution < 1.29 is 18.4 Å². The van der Waals surface area contributed by atoms with Gasteiger partial charge in [0.25, 0.3) is 5.91 Å². The fourth-order valence-corrected chi connectivity index (χ4v) is 2.66. The fourth-order valence-electron chi connectivity index (χ4n) is 2.43. The summed E-state index contributed by atoms with van der Waals surface area (Å²) in [5.74, 6) is -0.298. The van der Waals surface area contributed by atoms with Gasteiger partial charge in [-0.05, 0) is 12.1 Å². The number of carbonyl (C=O) groups excluding carboxylic acids is 1. The molecule has 0 atom stereocenters. The van der Waals surface area contributed by atoms with E-state index < -0.39 is 11.7 Å². The fraction of sp³-hybridized carbons (Fsp3) is 0.375. The molecular weight excluding hydrogens is 337 g/mol. The lowest BCUT2D eigenvalue weighted by molar-refractivity contribution is 0.0305. The Kier molecular flexibility index (Phi) is 5.44. The lowest BCUT2D eigenvalue weighted by Gasteiger charge is -2.25. The van der Waals surface area contributed by atoms with Crippen molar-refractivity contribution in [3.63, 3.8) is 0 Å². The number of nitrogens with one attached hydrogen (secondary N) is 1. The van der Waals surface area contributed by atoms with Gasteiger partial charge in [0.05, 0.1) is 19.8 Å². The number of nitrogens with zero attached hydrogens (tertiary/aromatic N) is 2. The highest BCUT2D eigenvalue weighted by Crippen LogP contribution is 2.18. The molecule has 1 aliphatic rings. The molecule has 24 heavy (non-hydrogen) atoms. The Bertz CT molecular complexity index is 696. The van der Waals surface area contributed by atoms with Crippen LogP contribution < -0.4 is 5.32 Å². The molecule has 2 aromatic rings. The maximum atomic E-state index is 13.7. The summed E-state index contributed by atoms with van der Waals surface area (Å²) >= 11 is 5.93. The Balaban J connectivity index is 1.57. The summed E-state index contributed by atoms with van der Waals surface area (Å²) in [6.07, 6.45) is 0. The predicted molar refractivity (Wildman–Crippen MR) is 85.2 cm³/mol. The van der Waals surface area contributed by atoms with E-state index in [2.05, 4.69) is 15.4 Å². The number of benzene rings is 1. The zero-order valence-corrected chi connectivity index (χ0v) is 13.7. The maximum Gasteiger partial charge on any atom is 0.273 e. The summed E-state index contributed by atoms with van der Waals surface area (Å²) < 4.78 is 24.2. The monoisotopic (exact) mass is 353 g/mol. The molecule has 1 aliphatic heterocycles. The minimum absolute atomic E-state index is 0.0179. The van der Waals surface area contributed by atoms with Crippen molar-refractivity contribution in [3.8, 4) is 0 Å². The number of ether oxygens (including phenoxy) is 1. The average molecular weight is 354 g/mol. The van der Waals surface area contributed by atoms with E-state index in [0.717, 1.165) is 13.1 Å². The largest absolute Gasteiger partial charge is 0.379 e. The third-order valence-electron chi connectivity index (χ3n) is 3.76. The highest BCUT2D eigenvalue weighted by atomic mass is 35.5. The van der Waals surface area contributed by atoms with E-state index >= 15 is 0 Å². The number of morpholine rings is 1. The molecule has 1 aromatic carbocycles. The third kappa shape index (κ3) is 4.11. The summed E-state index contributed by atoms with van der Waals surface area (Å²) in [5, 5.41) is 6.63. The number of rotatable bonds is 5. The van der Waals surface area contributed by atoms with Crippen molar-refractivity contribution in [2.24, 2.45) is 0 Å². The second-order valence-corrected chi connectivity index (χ2v) is 5.86. The number of hydrogen-bond acceptors (Lipinski definition) is 5. The summed E-state index contributed by atoms with van der Waals surface area (Å²) in [7, 11) is 0. The average Bonchev–Trinajstić information content (AvgIpc) is 3.04. The number of carbonyl (C=O) groups is 1. The molecule has 128 valence electrons. The van der Waals surface area contributed by atoms with E-state index in [0.29, 0.717) is 25.5 Å². The summed E-state index contributed by atoms with van der Waals surface area (Å²) in [5.41, 5.74) is 0.398. The van der Waals surface area contributed by atoms with Gasteiger partial charge in [-0.2, -0.15) is 0 Å². The van der Waals surface area contributed by atoms with Gasteiger partial charge in [-0.1, -0.05) is 22.8 Å². The quantitative estimate of drug-likeness (QED) is 0.892. The minimum Gasteiger partial charge on any atom is -0.379 e. The van der Waals surface area contributed by atoms with E-state index in [-0.39, 0.29) is 22.8 Å². The molecule has 3 rings (SSSR count). The highest BCUT2D eigenvalue weighted by Gasteiger charge is 2.17. The van der Waals surface area contributed by atoms with Crippen molar-refractivity contribution in [2.75, 3.05) is 26.3 Å². The zero-order valence-electron chi connectivity index (χ0n) is 12.9. The summed E-state index contributed by atoms with van der Waals surface area (Å²) in [6.45, 7) is 3.55. The Labute approximate surface area is 143 Å². The van der Waals surface area contributed by atoms with Crippen LogP contribution in [0.1, 0.15) is 21.8 Å². The van der Waals surface area contributed by atoms with Gasteiger partial charge in [0.2, 0.25) is 0 Å². The molecule has 0 spiro atoms. The zero-order chi connectivity index (χ0) is 16.9. The molecule has 0 radical (unpaired) electrons. The number of amides is 1. The molecule has 0 saturated carbocycles. The van der Waals surface area contributed by atoms with Crippen molar-refractivity contribution >= 4 is 17.5 Å². The van der Waals surface area contributed by atoms with Crippen molar-refractivity contribution in [2.45, 2.75) is 13.1 Å². The van der Waals surface area contributed by atoms with E-state index in [1.807, 2.05) is 0 Å². The van der Waals surface area contributed by atoms with E-state index in [4.69, 9.17) is 20.9 Å². The van der Waals surface area contributed by atoms with Gasteiger partial charge in [0.1, 0.15) is 5.82 Å². The second-order valence-electron chi connectivity index (χ2n) is 5.45. The van der Waals surface area contributed by atoms with Crippen LogP contribution in [0, 0.1) is 5.82 Å². The molecule has 8 heteroatoms. The maximum absolute atomic E-state index is 13.7. The van der Waals surface area contributed by atoms with E-state index in [1.165, 1.54) is 12.1 Å². The van der Waals surface area contributed by atoms with Gasteiger partial charge in [0, 0.05) is 36.3 Å². The Hall–Kier alpha value is -1.96. The molecule has 0 bridgehead atoms. The summed E-state index contributed by atoms with van der Waals surface area (Å²) in [6, 6.07) is 5.97. The SMILES string of the molecule is O=C(NCc1c(F)cccc1Cl)c1cc(CN2CCOCC2)on1. The van der Waals surface area contributed by atoms with Crippen molar-refractivity contribution in [3.05, 3.63) is 52.1 Å². The molecule has 6 nitrogen and oxygen atoms in total. The Morgan fingerprint density at radius 3 is 2.92 bits per heavy atom. The standard InChI is InChI=1S/C16H17ClFN3O3/c17-13-2-1-3-14(18)12(13)9-19-16(22)15-8-11(24-20-15)10-21-4-6-23-7-5-21/h1-3,8H,4-7,9-10H2,(H,19,22). The first-order valence-electron chi connectivity index (χ1n) is 7.60. The number of halogens is 2. The van der Waals surface area contributed by atoms with Gasteiger partial charge < -0.3 is 14.6 Å². The van der Waals surface area contributed by atoms with E-state index in [9.17, 15) is 9.18 Å². The minimum atomic E-state index is -0.462. The smallest absolute Gasteiger partial charge is 0.273 e. The first-order chi connectivity index (χ1) is 11.6. The lowest BCUT2D eigenvalue weighted by Crippen LogP contribution is -2.35. The van der Waals surface area contributed by atoms with E-state index in [1.54, 1.807) is 12.1 Å². The molecule has 0 aliphatic carbocycles. The molecule has 1 N–H and O–H groups in total. The van der Waals surface area contributed by atoms with Crippen LogP contribution in [0.5, 0.6) is 0 Å². The third-order valence-corrected chi connectivity index (χ3v) is 4.12. The molecule has 1 fully saturated rings. The summed E-state index contributed by atoms with van der Waals surface area (Å²) in [4.78, 5) is 14.3. The van der Waals surface area contributed by atoms with Crippen molar-refractivity contribution in [1.29, 1.82) is 0 Å². The number of hydrogen-bond donors (Lipinski definition) is 1. The predicted octanol–water partition coefficient (Wildman–Crippen LogP) is 2.23. The Morgan fingerprint density at radius 1 is 1.38 bits per heavy atom. The van der Waals surface area contributed by atoms with Gasteiger partial charge in [-0.25, -0.2) is 4.39 Å². The van der Waals surface area contributed by atoms with Crippen LogP contribution in [0.25, 0.3) is 0 Å². The van der Waals surface area contributed by atoms with Crippen LogP contribution in [0.3, 0.4) is 0 Å². The topological polar surface area (TPSA) is 67.6 Å². The van der Waals surface area contributed by atoms with Crippen LogP contribution in [0.15, 0.2) is 28.8 Å². The normalized spacial score (nSPS) is 15.4. The van der Waals surface area contributed by atoms with Gasteiger partial charge >= 0.3 is 0 Å². The lowest BCUT2D eigenvalue weighted by atomic mass is 10.2. The molecule has 1 aromatic heterocycles. The Morgan fingerprint density at radius 2 is 2.17 bits per heavy atom. The van der Waals surface area contributed by atoms with Crippen LogP contribution in [-0.2, 0) is 17.8 Å². The molecule has 0 unspecified atom stereocenters. The second kappa shape index (κ2) is 7.74. The van der Waals surface area contributed by atoms with Gasteiger partial charge in [-0.15, -0.1) is 0 Å². The highest BCUT2D eigenvalue weighted by molar-refractivity contribution is 6.31. The molecular formula is C16H17ClFN3O3. The van der Waals surface area contributed by atoms with Gasteiger partial charge in [-0.3, -0.25) is 9.69 Å². The molecule has 1 amide bonds. The van der Waals surface area contributed by atoms with Gasteiger partial charge in [0.15, 0.2) is 11.5 Å². The molecule has 2 heterocycles. The first-order valence-corrected chi connectivity index (χ1v) is 7.98.